The molecule has 4 aromatic rings. The van der Waals surface area contributed by atoms with Crippen LogP contribution in [0.3, 0.4) is 0 Å². The topological polar surface area (TPSA) is 127 Å². The number of rotatable bonds is 8. The molecule has 13 heteroatoms. The molecule has 41 heavy (non-hydrogen) atoms. The van der Waals surface area contributed by atoms with Crippen molar-refractivity contribution in [3.63, 3.8) is 0 Å². The monoisotopic (exact) mass is 605 g/mol. The van der Waals surface area contributed by atoms with Gasteiger partial charge in [-0.25, -0.2) is 19.6 Å². The zero-order chi connectivity index (χ0) is 28.7. The zero-order valence-electron chi connectivity index (χ0n) is 21.7. The zero-order valence-corrected chi connectivity index (χ0v) is 22.8. The number of halogens is 2. The number of benzene rings is 2. The molecule has 0 bridgehead atoms. The molecule has 2 aromatic heterocycles. The molecule has 0 spiro atoms. The van der Waals surface area contributed by atoms with E-state index in [1.165, 1.54) is 75.7 Å². The molecule has 0 saturated heterocycles. The Hall–Kier alpha value is -5.01. The van der Waals surface area contributed by atoms with Gasteiger partial charge in [-0.3, -0.25) is 19.6 Å². The molecule has 0 unspecified atom stereocenters. The van der Waals surface area contributed by atoms with Crippen LogP contribution in [-0.4, -0.2) is 48.4 Å². The Balaban J connectivity index is 0.000000280. The van der Waals surface area contributed by atoms with Gasteiger partial charge in [0.1, 0.15) is 0 Å². The molecule has 0 saturated carbocycles. The molecule has 10 nitrogen and oxygen atoms in total. The molecule has 0 atom stereocenters. The first-order chi connectivity index (χ1) is 19.4. The van der Waals surface area contributed by atoms with Crippen LogP contribution in [0.15, 0.2) is 95.7 Å². The molecule has 0 fully saturated rings. The minimum absolute atomic E-state index is 0. The van der Waals surface area contributed by atoms with Gasteiger partial charge in [0.15, 0.2) is 23.1 Å². The molecular weight excluding hydrogens is 581 g/mol. The van der Waals surface area contributed by atoms with E-state index in [0.717, 1.165) is 0 Å². The summed E-state index contributed by atoms with van der Waals surface area (Å²) in [6.45, 7) is 0. The standard InChI is InChI=1S/2C14H12FN3O2.Co/c2*1-20-13-3-2-10(8-12(13)15)9-17-18-14(19)11-4-6-16-7-5-11;/h2*2-9H,1H3,(H,18,19);. The van der Waals surface area contributed by atoms with Crippen LogP contribution in [0.2, 0.25) is 0 Å². The number of amides is 2. The largest absolute Gasteiger partial charge is 0.494 e. The van der Waals surface area contributed by atoms with Crippen LogP contribution in [-0.2, 0) is 16.8 Å². The second kappa shape index (κ2) is 16.8. The summed E-state index contributed by atoms with van der Waals surface area (Å²) < 4.78 is 36.5. The Morgan fingerprint density at radius 3 is 1.37 bits per heavy atom. The van der Waals surface area contributed by atoms with Crippen LogP contribution in [0.5, 0.6) is 11.5 Å². The second-order valence-electron chi connectivity index (χ2n) is 7.66. The van der Waals surface area contributed by atoms with Gasteiger partial charge in [0.25, 0.3) is 11.8 Å². The second-order valence-corrected chi connectivity index (χ2v) is 7.66. The van der Waals surface area contributed by atoms with Crippen molar-refractivity contribution < 1.29 is 44.6 Å². The van der Waals surface area contributed by atoms with Gasteiger partial charge in [-0.15, -0.1) is 0 Å². The molecule has 0 aliphatic carbocycles. The van der Waals surface area contributed by atoms with Crippen molar-refractivity contribution in [2.75, 3.05) is 14.2 Å². The minimum Gasteiger partial charge on any atom is -0.494 e. The number of nitrogens with one attached hydrogen (secondary N) is 2. The summed E-state index contributed by atoms with van der Waals surface area (Å²) in [5.74, 6) is -1.39. The number of nitrogens with zero attached hydrogens (tertiary/aromatic N) is 4. The Bertz CT molecular complexity index is 1380. The Morgan fingerprint density at radius 2 is 1.05 bits per heavy atom. The summed E-state index contributed by atoms with van der Waals surface area (Å²) in [5.41, 5.74) is 6.60. The van der Waals surface area contributed by atoms with Crippen LogP contribution in [0.25, 0.3) is 0 Å². The maximum Gasteiger partial charge on any atom is 0.271 e. The van der Waals surface area contributed by atoms with Crippen molar-refractivity contribution in [2.45, 2.75) is 0 Å². The number of hydrazone groups is 2. The van der Waals surface area contributed by atoms with Crippen molar-refractivity contribution in [3.8, 4) is 11.5 Å². The molecule has 0 aliphatic rings. The molecule has 2 N–H and O–H groups in total. The average molecular weight is 605 g/mol. The number of hydrogen-bond donors (Lipinski definition) is 2. The molecule has 2 heterocycles. The summed E-state index contributed by atoms with van der Waals surface area (Å²) in [4.78, 5) is 30.9. The van der Waals surface area contributed by atoms with Gasteiger partial charge in [0.05, 0.1) is 26.6 Å². The van der Waals surface area contributed by atoms with Crippen LogP contribution >= 0.6 is 0 Å². The molecule has 213 valence electrons. The Labute approximate surface area is 244 Å². The van der Waals surface area contributed by atoms with Gasteiger partial charge < -0.3 is 9.47 Å². The summed E-state index contributed by atoms with van der Waals surface area (Å²) in [6, 6.07) is 15.0. The molecule has 4 rings (SSSR count). The number of carbonyl (C=O) groups is 2. The van der Waals surface area contributed by atoms with Crippen LogP contribution in [0.4, 0.5) is 8.78 Å². The fourth-order valence-electron chi connectivity index (χ4n) is 2.99. The van der Waals surface area contributed by atoms with E-state index in [9.17, 15) is 18.4 Å². The molecule has 0 aliphatic heterocycles. The van der Waals surface area contributed by atoms with Crippen molar-refractivity contribution >= 4 is 24.2 Å². The van der Waals surface area contributed by atoms with E-state index >= 15 is 0 Å². The number of aromatic nitrogens is 2. The number of pyridine rings is 2. The van der Waals surface area contributed by atoms with Gasteiger partial charge in [-0.05, 0) is 71.8 Å². The number of methoxy groups -OCH3 is 2. The van der Waals surface area contributed by atoms with E-state index < -0.39 is 11.6 Å². The molecule has 1 radical (unpaired) electrons. The van der Waals surface area contributed by atoms with Gasteiger partial charge in [0, 0.05) is 52.7 Å². The smallest absolute Gasteiger partial charge is 0.271 e. The summed E-state index contributed by atoms with van der Waals surface area (Å²) in [6.07, 6.45) is 8.74. The third kappa shape index (κ3) is 10.2. The molecule has 2 aromatic carbocycles. The third-order valence-electron chi connectivity index (χ3n) is 5.00. The summed E-state index contributed by atoms with van der Waals surface area (Å²) in [7, 11) is 2.78. The Morgan fingerprint density at radius 1 is 0.683 bits per heavy atom. The Kier molecular flexibility index (Phi) is 13.2. The predicted octanol–water partition coefficient (Wildman–Crippen LogP) is 3.98. The maximum atomic E-state index is 13.4. The normalized spacial score (nSPS) is 10.2. The maximum absolute atomic E-state index is 13.4. The van der Waals surface area contributed by atoms with Gasteiger partial charge in [-0.2, -0.15) is 10.2 Å². The SMILES string of the molecule is COc1ccc(C=NNC(=O)c2ccncc2)cc1F.COc1ccc(C=NNC(=O)c2ccncc2)cc1F.[Co]. The van der Waals surface area contributed by atoms with E-state index in [1.54, 1.807) is 36.4 Å². The first kappa shape index (κ1) is 32.2. The summed E-state index contributed by atoms with van der Waals surface area (Å²) in [5, 5.41) is 7.52. The third-order valence-corrected chi connectivity index (χ3v) is 5.00. The van der Waals surface area contributed by atoms with Gasteiger partial charge in [0.2, 0.25) is 0 Å². The summed E-state index contributed by atoms with van der Waals surface area (Å²) >= 11 is 0. The number of ether oxygens (including phenoxy) is 2. The fourth-order valence-corrected chi connectivity index (χ4v) is 2.99. The van der Waals surface area contributed by atoms with Crippen molar-refractivity contribution in [3.05, 3.63) is 119 Å². The van der Waals surface area contributed by atoms with Crippen LogP contribution in [0.1, 0.15) is 31.8 Å². The molecule has 2 amide bonds. The van der Waals surface area contributed by atoms with E-state index in [2.05, 4.69) is 31.0 Å². The number of hydrogen-bond acceptors (Lipinski definition) is 8. The number of carbonyl (C=O) groups excluding carboxylic acids is 2. The fraction of sp³-hybridized carbons (Fsp3) is 0.0714. The van der Waals surface area contributed by atoms with E-state index in [-0.39, 0.29) is 40.1 Å². The van der Waals surface area contributed by atoms with Gasteiger partial charge >= 0.3 is 0 Å². The first-order valence-corrected chi connectivity index (χ1v) is 11.5. The van der Waals surface area contributed by atoms with Gasteiger partial charge in [-0.1, -0.05) is 0 Å². The van der Waals surface area contributed by atoms with E-state index in [1.807, 2.05) is 0 Å². The minimum atomic E-state index is -0.489. The van der Waals surface area contributed by atoms with Crippen LogP contribution in [0, 0.1) is 11.6 Å². The van der Waals surface area contributed by atoms with Crippen molar-refractivity contribution in [1.82, 2.24) is 20.8 Å². The predicted molar refractivity (Wildman–Crippen MR) is 144 cm³/mol. The van der Waals surface area contributed by atoms with Crippen molar-refractivity contribution in [1.29, 1.82) is 0 Å². The van der Waals surface area contributed by atoms with E-state index in [0.29, 0.717) is 22.3 Å². The molecular formula is C28H24CoF2N6O4. The average Bonchev–Trinajstić information content (AvgIpc) is 2.98. The van der Waals surface area contributed by atoms with Crippen LogP contribution < -0.4 is 20.3 Å². The quantitative estimate of drug-likeness (QED) is 0.231. The first-order valence-electron chi connectivity index (χ1n) is 11.5. The van der Waals surface area contributed by atoms with E-state index in [4.69, 9.17) is 9.47 Å². The van der Waals surface area contributed by atoms with Crippen molar-refractivity contribution in [2.24, 2.45) is 10.2 Å².